The van der Waals surface area contributed by atoms with Gasteiger partial charge in [0.2, 0.25) is 0 Å². The van der Waals surface area contributed by atoms with Gasteiger partial charge in [-0.15, -0.1) is 24.8 Å². The van der Waals surface area contributed by atoms with Crippen molar-refractivity contribution in [2.24, 2.45) is 0 Å². The van der Waals surface area contributed by atoms with Crippen LogP contribution in [0.5, 0.6) is 0 Å². The molecule has 3 aromatic rings. The number of fused-ring (bicyclic) bond motifs is 1. The van der Waals surface area contributed by atoms with Gasteiger partial charge < -0.3 is 10.2 Å². The number of para-hydroxylation sites is 1. The van der Waals surface area contributed by atoms with Gasteiger partial charge in [-0.2, -0.15) is 0 Å². The minimum Gasteiger partial charge on any atom is -0.337 e. The first-order valence-corrected chi connectivity index (χ1v) is 9.03. The van der Waals surface area contributed by atoms with Crippen LogP contribution in [0.3, 0.4) is 0 Å². The molecule has 1 unspecified atom stereocenters. The first-order chi connectivity index (χ1) is 12.8. The molecule has 0 aliphatic carbocycles. The number of amides is 1. The van der Waals surface area contributed by atoms with Crippen LogP contribution in [0.25, 0.3) is 22.2 Å². The summed E-state index contributed by atoms with van der Waals surface area (Å²) in [5.41, 5.74) is 3.24. The molecule has 1 fully saturated rings. The van der Waals surface area contributed by atoms with Crippen LogP contribution in [-0.2, 0) is 0 Å². The molecular weight excluding hydrogens is 395 g/mol. The Morgan fingerprint density at radius 3 is 2.75 bits per heavy atom. The van der Waals surface area contributed by atoms with Gasteiger partial charge in [0.1, 0.15) is 0 Å². The minimum absolute atomic E-state index is 0. The molecule has 1 aromatic carbocycles. The molecule has 1 aliphatic rings. The molecule has 0 bridgehead atoms. The lowest BCUT2D eigenvalue weighted by Crippen LogP contribution is -2.47. The third kappa shape index (κ3) is 4.43. The Hall–Kier alpha value is -2.21. The molecule has 4 rings (SSSR count). The Bertz CT molecular complexity index is 936. The second kappa shape index (κ2) is 9.82. The van der Waals surface area contributed by atoms with Crippen molar-refractivity contribution in [1.82, 2.24) is 20.2 Å². The summed E-state index contributed by atoms with van der Waals surface area (Å²) < 4.78 is 0. The van der Waals surface area contributed by atoms with Gasteiger partial charge in [0.15, 0.2) is 0 Å². The Labute approximate surface area is 177 Å². The summed E-state index contributed by atoms with van der Waals surface area (Å²) in [7, 11) is 1.96. The van der Waals surface area contributed by atoms with Crippen molar-refractivity contribution in [3.8, 4) is 11.3 Å². The van der Waals surface area contributed by atoms with E-state index in [0.29, 0.717) is 11.6 Å². The number of piperidine rings is 1. The predicted molar refractivity (Wildman–Crippen MR) is 117 cm³/mol. The smallest absolute Gasteiger partial charge is 0.254 e. The van der Waals surface area contributed by atoms with Gasteiger partial charge in [-0.25, -0.2) is 4.98 Å². The van der Waals surface area contributed by atoms with E-state index in [9.17, 15) is 4.79 Å². The number of hydrogen-bond donors (Lipinski definition) is 1. The molecule has 3 heterocycles. The van der Waals surface area contributed by atoms with E-state index in [0.717, 1.165) is 48.1 Å². The summed E-state index contributed by atoms with van der Waals surface area (Å²) in [6, 6.07) is 14.0. The van der Waals surface area contributed by atoms with Crippen molar-refractivity contribution in [2.45, 2.75) is 18.9 Å². The quantitative estimate of drug-likeness (QED) is 0.698. The van der Waals surface area contributed by atoms with Crippen LogP contribution in [0.15, 0.2) is 54.9 Å². The Kier molecular flexibility index (Phi) is 7.75. The number of hydrogen-bond acceptors (Lipinski definition) is 4. The van der Waals surface area contributed by atoms with E-state index in [2.05, 4.69) is 10.3 Å². The van der Waals surface area contributed by atoms with Crippen molar-refractivity contribution in [3.63, 3.8) is 0 Å². The van der Waals surface area contributed by atoms with Crippen LogP contribution in [0.2, 0.25) is 0 Å². The van der Waals surface area contributed by atoms with Gasteiger partial charge in [-0.3, -0.25) is 9.78 Å². The molecule has 0 saturated carbocycles. The number of nitrogens with one attached hydrogen (secondary N) is 1. The van der Waals surface area contributed by atoms with Crippen LogP contribution in [-0.4, -0.2) is 47.0 Å². The summed E-state index contributed by atoms with van der Waals surface area (Å²) in [6.07, 6.45) is 5.65. The van der Waals surface area contributed by atoms with Crippen LogP contribution in [0, 0.1) is 0 Å². The number of likely N-dealkylation sites (tertiary alicyclic amines) is 1. The zero-order valence-electron chi connectivity index (χ0n) is 15.7. The number of carbonyl (C=O) groups excluding carboxylic acids is 1. The number of benzene rings is 1. The summed E-state index contributed by atoms with van der Waals surface area (Å²) >= 11 is 0. The van der Waals surface area contributed by atoms with Crippen molar-refractivity contribution >= 4 is 41.6 Å². The van der Waals surface area contributed by atoms with E-state index < -0.39 is 0 Å². The topological polar surface area (TPSA) is 58.1 Å². The van der Waals surface area contributed by atoms with Gasteiger partial charge in [0.25, 0.3) is 5.91 Å². The SMILES string of the molecule is CNC1CCCN(C(=O)c2cc(-c3cccnc3)nc3ccccc23)C1.Cl.Cl. The predicted octanol–water partition coefficient (Wildman–Crippen LogP) is 3.96. The maximum Gasteiger partial charge on any atom is 0.254 e. The fourth-order valence-corrected chi connectivity index (χ4v) is 3.58. The highest BCUT2D eigenvalue weighted by Crippen LogP contribution is 2.26. The third-order valence-corrected chi connectivity index (χ3v) is 5.02. The molecule has 1 aliphatic heterocycles. The monoisotopic (exact) mass is 418 g/mol. The normalized spacial score (nSPS) is 16.2. The van der Waals surface area contributed by atoms with Gasteiger partial charge in [0.05, 0.1) is 16.8 Å². The highest BCUT2D eigenvalue weighted by atomic mass is 35.5. The average Bonchev–Trinajstić information content (AvgIpc) is 2.73. The lowest BCUT2D eigenvalue weighted by Gasteiger charge is -2.33. The second-order valence-corrected chi connectivity index (χ2v) is 6.69. The molecule has 1 N–H and O–H groups in total. The molecule has 0 spiro atoms. The molecule has 1 atom stereocenters. The van der Waals surface area contributed by atoms with Gasteiger partial charge in [-0.1, -0.05) is 18.2 Å². The van der Waals surface area contributed by atoms with E-state index in [1.165, 1.54) is 0 Å². The highest BCUT2D eigenvalue weighted by Gasteiger charge is 2.25. The lowest BCUT2D eigenvalue weighted by atomic mass is 10.0. The molecule has 2 aromatic heterocycles. The first kappa shape index (κ1) is 22.1. The van der Waals surface area contributed by atoms with Crippen LogP contribution in [0.1, 0.15) is 23.2 Å². The fourth-order valence-electron chi connectivity index (χ4n) is 3.58. The Morgan fingerprint density at radius 2 is 2.00 bits per heavy atom. The second-order valence-electron chi connectivity index (χ2n) is 6.69. The van der Waals surface area contributed by atoms with Gasteiger partial charge >= 0.3 is 0 Å². The minimum atomic E-state index is 0. The molecule has 1 saturated heterocycles. The zero-order chi connectivity index (χ0) is 17.9. The van der Waals surface area contributed by atoms with E-state index >= 15 is 0 Å². The zero-order valence-corrected chi connectivity index (χ0v) is 17.3. The van der Waals surface area contributed by atoms with Crippen LogP contribution in [0.4, 0.5) is 0 Å². The average molecular weight is 419 g/mol. The standard InChI is InChI=1S/C21H22N4O.2ClH/c1-22-16-7-5-11-25(14-16)21(26)18-12-20(15-6-4-10-23-13-15)24-19-9-3-2-8-17(18)19;;/h2-4,6,8-10,12-13,16,22H,5,7,11,14H2,1H3;2*1H. The number of carbonyl (C=O) groups is 1. The third-order valence-electron chi connectivity index (χ3n) is 5.02. The molecule has 5 nitrogen and oxygen atoms in total. The fraction of sp³-hybridized carbons (Fsp3) is 0.286. The van der Waals surface area contributed by atoms with Crippen molar-refractivity contribution in [1.29, 1.82) is 0 Å². The number of nitrogens with zero attached hydrogens (tertiary/aromatic N) is 3. The summed E-state index contributed by atoms with van der Waals surface area (Å²) in [6.45, 7) is 1.55. The number of aromatic nitrogens is 2. The largest absolute Gasteiger partial charge is 0.337 e. The molecule has 7 heteroatoms. The molecule has 28 heavy (non-hydrogen) atoms. The Morgan fingerprint density at radius 1 is 1.18 bits per heavy atom. The van der Waals surface area contributed by atoms with Crippen molar-refractivity contribution in [3.05, 3.63) is 60.4 Å². The maximum absolute atomic E-state index is 13.3. The van der Waals surface area contributed by atoms with Crippen LogP contribution < -0.4 is 5.32 Å². The number of halogens is 2. The number of likely N-dealkylation sites (N-methyl/N-ethyl adjacent to an activating group) is 1. The van der Waals surface area contributed by atoms with E-state index in [-0.39, 0.29) is 30.7 Å². The molecule has 148 valence electrons. The summed E-state index contributed by atoms with van der Waals surface area (Å²) in [5.74, 6) is 0.0775. The van der Waals surface area contributed by atoms with Gasteiger partial charge in [-0.05, 0) is 44.2 Å². The maximum atomic E-state index is 13.3. The van der Waals surface area contributed by atoms with E-state index in [1.807, 2.05) is 54.4 Å². The molecule has 0 radical (unpaired) electrons. The van der Waals surface area contributed by atoms with E-state index in [4.69, 9.17) is 4.98 Å². The molecule has 1 amide bonds. The number of rotatable bonds is 3. The van der Waals surface area contributed by atoms with Crippen LogP contribution >= 0.6 is 24.8 Å². The first-order valence-electron chi connectivity index (χ1n) is 9.03. The van der Waals surface area contributed by atoms with E-state index in [1.54, 1.807) is 12.4 Å². The van der Waals surface area contributed by atoms with Gasteiger partial charge in [0, 0.05) is 42.5 Å². The summed E-state index contributed by atoms with van der Waals surface area (Å²) in [4.78, 5) is 24.2. The summed E-state index contributed by atoms with van der Waals surface area (Å²) in [5, 5.41) is 4.20. The Balaban J connectivity index is 0.00000140. The lowest BCUT2D eigenvalue weighted by molar-refractivity contribution is 0.0700. The van der Waals surface area contributed by atoms with Crippen molar-refractivity contribution in [2.75, 3.05) is 20.1 Å². The molecular formula is C21H24Cl2N4O. The highest BCUT2D eigenvalue weighted by molar-refractivity contribution is 6.07. The van der Waals surface area contributed by atoms with Crippen molar-refractivity contribution < 1.29 is 4.79 Å². The number of pyridine rings is 2.